The summed E-state index contributed by atoms with van der Waals surface area (Å²) in [7, 11) is 0. The highest BCUT2D eigenvalue weighted by Gasteiger charge is 2.21. The van der Waals surface area contributed by atoms with E-state index >= 15 is 0 Å². The van der Waals surface area contributed by atoms with Crippen LogP contribution in [0.15, 0.2) is 42.1 Å². The van der Waals surface area contributed by atoms with E-state index in [1.807, 2.05) is 38.1 Å². The average Bonchev–Trinajstić information content (AvgIpc) is 3.12. The summed E-state index contributed by atoms with van der Waals surface area (Å²) >= 11 is 5.91. The molecular formula is C17H23ClN4O2. The second-order valence-corrected chi connectivity index (χ2v) is 6.38. The molecular weight excluding hydrogens is 328 g/mol. The molecule has 0 bridgehead atoms. The molecule has 0 saturated heterocycles. The Morgan fingerprint density at radius 3 is 2.50 bits per heavy atom. The number of aromatic nitrogens is 3. The zero-order valence-electron chi connectivity index (χ0n) is 14.3. The molecule has 0 fully saturated rings. The predicted octanol–water partition coefficient (Wildman–Crippen LogP) is 3.44. The van der Waals surface area contributed by atoms with Crippen molar-refractivity contribution in [2.75, 3.05) is 0 Å². The van der Waals surface area contributed by atoms with Crippen LogP contribution in [0, 0.1) is 0 Å². The first-order chi connectivity index (χ1) is 11.4. The standard InChI is InChI=1S/C17H23ClN4O2/c1-11(15-5-7-16(18)8-6-15)14(4)24-21-12(2)17(23)13(3)22-10-19-9-20-22/h5-11,13-14,17,23H,1-4H3. The molecule has 7 heteroatoms. The lowest BCUT2D eigenvalue weighted by molar-refractivity contribution is 0.0518. The lowest BCUT2D eigenvalue weighted by atomic mass is 9.96. The molecule has 0 aliphatic heterocycles. The molecule has 2 aromatic rings. The van der Waals surface area contributed by atoms with Gasteiger partial charge in [-0.2, -0.15) is 5.10 Å². The van der Waals surface area contributed by atoms with Gasteiger partial charge in [-0.3, -0.25) is 0 Å². The number of benzene rings is 1. The molecule has 2 rings (SSSR count). The quantitative estimate of drug-likeness (QED) is 0.613. The van der Waals surface area contributed by atoms with Crippen LogP contribution in [-0.4, -0.2) is 37.8 Å². The Bertz CT molecular complexity index is 658. The van der Waals surface area contributed by atoms with Crippen LogP contribution in [0.5, 0.6) is 0 Å². The van der Waals surface area contributed by atoms with Gasteiger partial charge in [0.1, 0.15) is 24.9 Å². The lowest BCUT2D eigenvalue weighted by Gasteiger charge is -2.21. The molecule has 0 saturated carbocycles. The van der Waals surface area contributed by atoms with Gasteiger partial charge in [0.25, 0.3) is 0 Å². The van der Waals surface area contributed by atoms with Crippen LogP contribution in [-0.2, 0) is 4.84 Å². The normalized spacial score (nSPS) is 17.2. The van der Waals surface area contributed by atoms with Crippen LogP contribution in [0.2, 0.25) is 5.02 Å². The lowest BCUT2D eigenvalue weighted by Crippen LogP contribution is -2.29. The maximum absolute atomic E-state index is 10.3. The fourth-order valence-electron chi connectivity index (χ4n) is 2.27. The number of nitrogens with zero attached hydrogens (tertiary/aromatic N) is 4. The first-order valence-electron chi connectivity index (χ1n) is 7.88. The first-order valence-corrected chi connectivity index (χ1v) is 8.26. The van der Waals surface area contributed by atoms with Gasteiger partial charge in [-0.1, -0.05) is 35.8 Å². The SMILES string of the molecule is CC(=NOC(C)C(C)c1ccc(Cl)cc1)C(O)C(C)n1cncn1. The summed E-state index contributed by atoms with van der Waals surface area (Å²) in [6, 6.07) is 7.40. The van der Waals surface area contributed by atoms with E-state index in [1.54, 1.807) is 17.9 Å². The van der Waals surface area contributed by atoms with Crippen molar-refractivity contribution in [3.63, 3.8) is 0 Å². The van der Waals surface area contributed by atoms with E-state index in [0.717, 1.165) is 5.56 Å². The molecule has 6 nitrogen and oxygen atoms in total. The summed E-state index contributed by atoms with van der Waals surface area (Å²) in [5, 5.41) is 19.2. The van der Waals surface area contributed by atoms with E-state index in [1.165, 1.54) is 6.33 Å². The van der Waals surface area contributed by atoms with Gasteiger partial charge in [-0.05, 0) is 38.5 Å². The molecule has 1 N–H and O–H groups in total. The molecule has 130 valence electrons. The number of halogens is 1. The maximum Gasteiger partial charge on any atom is 0.137 e. The molecule has 0 spiro atoms. The van der Waals surface area contributed by atoms with Crippen molar-refractivity contribution in [2.24, 2.45) is 5.16 Å². The van der Waals surface area contributed by atoms with Crippen LogP contribution in [0.4, 0.5) is 0 Å². The molecule has 0 aliphatic rings. The Kier molecular flexibility index (Phi) is 6.34. The minimum atomic E-state index is -0.801. The molecule has 0 radical (unpaired) electrons. The molecule has 1 aromatic heterocycles. The molecule has 4 unspecified atom stereocenters. The van der Waals surface area contributed by atoms with Gasteiger partial charge in [0, 0.05) is 10.9 Å². The van der Waals surface area contributed by atoms with Crippen LogP contribution in [0.25, 0.3) is 0 Å². The third-order valence-electron chi connectivity index (χ3n) is 4.20. The van der Waals surface area contributed by atoms with E-state index in [0.29, 0.717) is 10.7 Å². The van der Waals surface area contributed by atoms with E-state index in [2.05, 4.69) is 22.2 Å². The third-order valence-corrected chi connectivity index (χ3v) is 4.45. The van der Waals surface area contributed by atoms with Gasteiger partial charge in [-0.25, -0.2) is 9.67 Å². The zero-order chi connectivity index (χ0) is 17.7. The highest BCUT2D eigenvalue weighted by molar-refractivity contribution is 6.30. The van der Waals surface area contributed by atoms with Crippen LogP contribution in [0.3, 0.4) is 0 Å². The molecule has 1 aromatic carbocycles. The van der Waals surface area contributed by atoms with E-state index in [-0.39, 0.29) is 18.1 Å². The largest absolute Gasteiger partial charge is 0.392 e. The number of hydrogen-bond donors (Lipinski definition) is 1. The third kappa shape index (κ3) is 4.55. The zero-order valence-corrected chi connectivity index (χ0v) is 15.1. The highest BCUT2D eigenvalue weighted by atomic mass is 35.5. The van der Waals surface area contributed by atoms with Crippen molar-refractivity contribution in [3.8, 4) is 0 Å². The number of aliphatic hydroxyl groups excluding tert-OH is 1. The highest BCUT2D eigenvalue weighted by Crippen LogP contribution is 2.23. The second-order valence-electron chi connectivity index (χ2n) is 5.94. The Labute approximate surface area is 147 Å². The van der Waals surface area contributed by atoms with Crippen molar-refractivity contribution in [1.29, 1.82) is 0 Å². The van der Waals surface area contributed by atoms with Crippen LogP contribution in [0.1, 0.15) is 45.2 Å². The van der Waals surface area contributed by atoms with Gasteiger partial charge in [0.15, 0.2) is 0 Å². The minimum Gasteiger partial charge on any atom is -0.392 e. The van der Waals surface area contributed by atoms with Crippen molar-refractivity contribution in [2.45, 2.75) is 51.9 Å². The molecule has 1 heterocycles. The van der Waals surface area contributed by atoms with Crippen molar-refractivity contribution in [1.82, 2.24) is 14.8 Å². The summed E-state index contributed by atoms with van der Waals surface area (Å²) in [4.78, 5) is 9.47. The predicted molar refractivity (Wildman–Crippen MR) is 94.3 cm³/mol. The van der Waals surface area contributed by atoms with Crippen LogP contribution < -0.4 is 0 Å². The van der Waals surface area contributed by atoms with Gasteiger partial charge >= 0.3 is 0 Å². The summed E-state index contributed by atoms with van der Waals surface area (Å²) < 4.78 is 1.59. The smallest absolute Gasteiger partial charge is 0.137 e. The minimum absolute atomic E-state index is 0.142. The van der Waals surface area contributed by atoms with Crippen molar-refractivity contribution in [3.05, 3.63) is 47.5 Å². The fourth-order valence-corrected chi connectivity index (χ4v) is 2.40. The van der Waals surface area contributed by atoms with Crippen LogP contribution >= 0.6 is 11.6 Å². The average molecular weight is 351 g/mol. The number of rotatable bonds is 7. The summed E-state index contributed by atoms with van der Waals surface area (Å²) in [6.45, 7) is 7.59. The Balaban J connectivity index is 1.96. The Hall–Kier alpha value is -1.92. The van der Waals surface area contributed by atoms with Gasteiger partial charge in [0.2, 0.25) is 0 Å². The van der Waals surface area contributed by atoms with Crippen molar-refractivity contribution < 1.29 is 9.94 Å². The summed E-state index contributed by atoms with van der Waals surface area (Å²) in [5.74, 6) is 0.142. The first kappa shape index (κ1) is 18.4. The monoisotopic (exact) mass is 350 g/mol. The van der Waals surface area contributed by atoms with E-state index in [4.69, 9.17) is 16.4 Å². The topological polar surface area (TPSA) is 72.5 Å². The van der Waals surface area contributed by atoms with Gasteiger partial charge in [-0.15, -0.1) is 0 Å². The Morgan fingerprint density at radius 1 is 1.25 bits per heavy atom. The number of oxime groups is 1. The van der Waals surface area contributed by atoms with Gasteiger partial charge < -0.3 is 9.94 Å². The van der Waals surface area contributed by atoms with E-state index < -0.39 is 6.10 Å². The fraction of sp³-hybridized carbons (Fsp3) is 0.471. The molecule has 4 atom stereocenters. The molecule has 0 aliphatic carbocycles. The van der Waals surface area contributed by atoms with Crippen molar-refractivity contribution >= 4 is 17.3 Å². The molecule has 24 heavy (non-hydrogen) atoms. The maximum atomic E-state index is 10.3. The van der Waals surface area contributed by atoms with Gasteiger partial charge in [0.05, 0.1) is 11.8 Å². The summed E-state index contributed by atoms with van der Waals surface area (Å²) in [6.07, 6.45) is 2.05. The number of hydrogen-bond acceptors (Lipinski definition) is 5. The molecule has 0 amide bonds. The Morgan fingerprint density at radius 2 is 1.92 bits per heavy atom. The number of aliphatic hydroxyl groups is 1. The summed E-state index contributed by atoms with van der Waals surface area (Å²) in [5.41, 5.74) is 1.62. The van der Waals surface area contributed by atoms with E-state index in [9.17, 15) is 5.11 Å². The second kappa shape index (κ2) is 8.26.